The van der Waals surface area contributed by atoms with E-state index in [2.05, 4.69) is 10.2 Å². The molecule has 2 aliphatic rings. The first-order chi connectivity index (χ1) is 14.9. The minimum absolute atomic E-state index is 0.0318. The van der Waals surface area contributed by atoms with Crippen molar-refractivity contribution in [1.82, 2.24) is 10.2 Å². The molecule has 2 fully saturated rings. The number of urea groups is 1. The van der Waals surface area contributed by atoms with Crippen LogP contribution >= 0.6 is 11.6 Å². The molecule has 0 spiro atoms. The van der Waals surface area contributed by atoms with Gasteiger partial charge in [0.15, 0.2) is 0 Å². The van der Waals surface area contributed by atoms with Crippen LogP contribution in [0.3, 0.4) is 0 Å². The molecule has 0 radical (unpaired) electrons. The molecule has 2 saturated heterocycles. The zero-order valence-electron chi connectivity index (χ0n) is 16.7. The lowest BCUT2D eigenvalue weighted by Crippen LogP contribution is -2.53. The summed E-state index contributed by atoms with van der Waals surface area (Å²) in [6, 6.07) is 13.1. The SMILES string of the molecule is O=C(NC1CC(=O)N(c2ccc(Cl)cc2)C1)N1CCN(c2ccc([N+](=O)[O-])cc2)CC1. The first-order valence-electron chi connectivity index (χ1n) is 10.0. The van der Waals surface area contributed by atoms with Crippen molar-refractivity contribution >= 4 is 40.6 Å². The van der Waals surface area contributed by atoms with Crippen molar-refractivity contribution in [3.63, 3.8) is 0 Å². The van der Waals surface area contributed by atoms with E-state index in [0.717, 1.165) is 11.4 Å². The van der Waals surface area contributed by atoms with Gasteiger partial charge in [0.2, 0.25) is 5.91 Å². The fourth-order valence-corrected chi connectivity index (χ4v) is 4.02. The Kier molecular flexibility index (Phi) is 5.94. The summed E-state index contributed by atoms with van der Waals surface area (Å²) in [5.41, 5.74) is 1.72. The predicted octanol–water partition coefficient (Wildman–Crippen LogP) is 2.89. The lowest BCUT2D eigenvalue weighted by molar-refractivity contribution is -0.384. The van der Waals surface area contributed by atoms with Crippen molar-refractivity contribution < 1.29 is 14.5 Å². The average Bonchev–Trinajstić information content (AvgIpc) is 3.14. The molecule has 10 heteroatoms. The van der Waals surface area contributed by atoms with Gasteiger partial charge in [-0.05, 0) is 36.4 Å². The second-order valence-corrected chi connectivity index (χ2v) is 8.02. The molecule has 162 valence electrons. The first-order valence-corrected chi connectivity index (χ1v) is 10.4. The Bertz CT molecular complexity index is 974. The van der Waals surface area contributed by atoms with E-state index in [4.69, 9.17) is 11.6 Å². The molecule has 0 aromatic heterocycles. The van der Waals surface area contributed by atoms with Crippen molar-refractivity contribution in [2.45, 2.75) is 12.5 Å². The molecular formula is C21H22ClN5O4. The highest BCUT2D eigenvalue weighted by atomic mass is 35.5. The maximum absolute atomic E-state index is 12.7. The standard InChI is InChI=1S/C21H22ClN5O4/c22-15-1-3-18(4-2-15)26-14-16(13-20(26)28)23-21(29)25-11-9-24(10-12-25)17-5-7-19(8-6-17)27(30)31/h1-8,16H,9-14H2,(H,23,29). The number of nitrogens with one attached hydrogen (secondary N) is 1. The van der Waals surface area contributed by atoms with Crippen LogP contribution in [0.25, 0.3) is 0 Å². The number of benzene rings is 2. The van der Waals surface area contributed by atoms with Crippen molar-refractivity contribution in [2.75, 3.05) is 42.5 Å². The molecule has 0 bridgehead atoms. The van der Waals surface area contributed by atoms with Crippen LogP contribution in [0.4, 0.5) is 21.9 Å². The highest BCUT2D eigenvalue weighted by Crippen LogP contribution is 2.24. The zero-order chi connectivity index (χ0) is 22.0. The highest BCUT2D eigenvalue weighted by Gasteiger charge is 2.33. The lowest BCUT2D eigenvalue weighted by atomic mass is 10.2. The number of rotatable bonds is 4. The van der Waals surface area contributed by atoms with E-state index in [1.54, 1.807) is 46.2 Å². The molecule has 2 heterocycles. The van der Waals surface area contributed by atoms with E-state index < -0.39 is 4.92 Å². The van der Waals surface area contributed by atoms with Gasteiger partial charge in [0.05, 0.1) is 11.0 Å². The highest BCUT2D eigenvalue weighted by molar-refractivity contribution is 6.30. The largest absolute Gasteiger partial charge is 0.368 e. The summed E-state index contributed by atoms with van der Waals surface area (Å²) in [6.45, 7) is 2.75. The number of anilines is 2. The molecule has 4 rings (SSSR count). The number of nitro groups is 1. The third-order valence-corrected chi connectivity index (χ3v) is 5.84. The zero-order valence-corrected chi connectivity index (χ0v) is 17.5. The van der Waals surface area contributed by atoms with Gasteiger partial charge >= 0.3 is 6.03 Å². The fraction of sp³-hybridized carbons (Fsp3) is 0.333. The lowest BCUT2D eigenvalue weighted by Gasteiger charge is -2.36. The van der Waals surface area contributed by atoms with Gasteiger partial charge in [-0.2, -0.15) is 0 Å². The Morgan fingerprint density at radius 2 is 1.61 bits per heavy atom. The van der Waals surface area contributed by atoms with Crippen LogP contribution in [-0.4, -0.2) is 60.5 Å². The van der Waals surface area contributed by atoms with Crippen molar-refractivity contribution in [1.29, 1.82) is 0 Å². The Morgan fingerprint density at radius 3 is 2.23 bits per heavy atom. The number of hydrogen-bond acceptors (Lipinski definition) is 5. The van der Waals surface area contributed by atoms with Gasteiger partial charge in [0.1, 0.15) is 0 Å². The molecule has 0 aliphatic carbocycles. The van der Waals surface area contributed by atoms with Gasteiger partial charge in [-0.3, -0.25) is 14.9 Å². The average molecular weight is 444 g/mol. The van der Waals surface area contributed by atoms with Gasteiger partial charge in [-0.15, -0.1) is 0 Å². The number of carbonyl (C=O) groups excluding carboxylic acids is 2. The maximum atomic E-state index is 12.7. The van der Waals surface area contributed by atoms with E-state index in [1.807, 2.05) is 0 Å². The summed E-state index contributed by atoms with van der Waals surface area (Å²) < 4.78 is 0. The van der Waals surface area contributed by atoms with Crippen LogP contribution in [0.5, 0.6) is 0 Å². The third kappa shape index (κ3) is 4.72. The molecule has 31 heavy (non-hydrogen) atoms. The molecule has 2 aromatic carbocycles. The molecule has 3 amide bonds. The van der Waals surface area contributed by atoms with E-state index in [0.29, 0.717) is 37.7 Å². The van der Waals surface area contributed by atoms with Crippen molar-refractivity contribution in [2.24, 2.45) is 0 Å². The van der Waals surface area contributed by atoms with Gasteiger partial charge in [0.25, 0.3) is 5.69 Å². The summed E-state index contributed by atoms with van der Waals surface area (Å²) in [7, 11) is 0. The molecule has 2 aromatic rings. The second-order valence-electron chi connectivity index (χ2n) is 7.58. The molecule has 1 N–H and O–H groups in total. The Balaban J connectivity index is 1.29. The summed E-state index contributed by atoms with van der Waals surface area (Å²) in [4.78, 5) is 40.9. The number of non-ortho nitro benzene ring substituents is 1. The molecule has 2 aliphatic heterocycles. The number of halogens is 1. The van der Waals surface area contributed by atoms with Crippen LogP contribution in [-0.2, 0) is 4.79 Å². The molecular weight excluding hydrogens is 422 g/mol. The normalized spacial score (nSPS) is 18.9. The molecule has 0 saturated carbocycles. The van der Waals surface area contributed by atoms with Crippen LogP contribution in [0.15, 0.2) is 48.5 Å². The number of amides is 3. The maximum Gasteiger partial charge on any atom is 0.317 e. The van der Waals surface area contributed by atoms with E-state index >= 15 is 0 Å². The first kappa shape index (κ1) is 20.9. The minimum Gasteiger partial charge on any atom is -0.368 e. The topological polar surface area (TPSA) is 99.0 Å². The van der Waals surface area contributed by atoms with Crippen LogP contribution in [0.2, 0.25) is 5.02 Å². The summed E-state index contributed by atoms with van der Waals surface area (Å²) >= 11 is 5.91. The van der Waals surface area contributed by atoms with Crippen molar-refractivity contribution in [3.8, 4) is 0 Å². The quantitative estimate of drug-likeness (QED) is 0.578. The number of hydrogen-bond donors (Lipinski definition) is 1. The predicted molar refractivity (Wildman–Crippen MR) is 118 cm³/mol. The van der Waals surface area contributed by atoms with Crippen LogP contribution in [0.1, 0.15) is 6.42 Å². The van der Waals surface area contributed by atoms with Gasteiger partial charge < -0.3 is 20.0 Å². The Hall–Kier alpha value is -3.33. The Morgan fingerprint density at radius 1 is 1.00 bits per heavy atom. The number of carbonyl (C=O) groups is 2. The van der Waals surface area contributed by atoms with Crippen LogP contribution < -0.4 is 15.1 Å². The van der Waals surface area contributed by atoms with Gasteiger partial charge in [0, 0.05) is 67.7 Å². The van der Waals surface area contributed by atoms with Gasteiger partial charge in [-0.1, -0.05) is 11.6 Å². The molecule has 1 unspecified atom stereocenters. The number of piperazine rings is 1. The number of nitrogens with zero attached hydrogens (tertiary/aromatic N) is 4. The third-order valence-electron chi connectivity index (χ3n) is 5.58. The second kappa shape index (κ2) is 8.81. The Labute approximate surface area is 184 Å². The van der Waals surface area contributed by atoms with Crippen molar-refractivity contribution in [3.05, 3.63) is 63.7 Å². The minimum atomic E-state index is -0.423. The van der Waals surface area contributed by atoms with E-state index in [1.165, 1.54) is 12.1 Å². The summed E-state index contributed by atoms with van der Waals surface area (Å²) in [5, 5.41) is 14.4. The smallest absolute Gasteiger partial charge is 0.317 e. The van der Waals surface area contributed by atoms with Crippen LogP contribution in [0, 0.1) is 10.1 Å². The van der Waals surface area contributed by atoms with E-state index in [9.17, 15) is 19.7 Å². The summed E-state index contributed by atoms with van der Waals surface area (Å²) in [6.07, 6.45) is 0.261. The fourth-order valence-electron chi connectivity index (χ4n) is 3.89. The van der Waals surface area contributed by atoms with Gasteiger partial charge in [-0.25, -0.2) is 4.79 Å². The number of nitro benzene ring substituents is 1. The monoisotopic (exact) mass is 443 g/mol. The molecule has 9 nitrogen and oxygen atoms in total. The summed E-state index contributed by atoms with van der Waals surface area (Å²) in [5.74, 6) is -0.0318. The molecule has 1 atom stereocenters. The van der Waals surface area contributed by atoms with E-state index in [-0.39, 0.29) is 30.1 Å².